The van der Waals surface area contributed by atoms with E-state index in [9.17, 15) is 27.8 Å². The lowest BCUT2D eigenvalue weighted by Gasteiger charge is -2.19. The lowest BCUT2D eigenvalue weighted by molar-refractivity contribution is -0.0349. The zero-order valence-electron chi connectivity index (χ0n) is 14.5. The number of phosphoric ester groups is 1. The SMILES string of the molecule is Cc1cn(C2CC(F)C(COP(=O)(O)OP(=O)(O)OP(=O)(O)O)O2)c(=O)nc1N. The fourth-order valence-electron chi connectivity index (χ4n) is 2.27. The van der Waals surface area contributed by atoms with Crippen molar-refractivity contribution in [2.75, 3.05) is 12.3 Å². The highest BCUT2D eigenvalue weighted by molar-refractivity contribution is 7.66. The van der Waals surface area contributed by atoms with Gasteiger partial charge in [0.15, 0.2) is 0 Å². The van der Waals surface area contributed by atoms with Gasteiger partial charge in [-0.2, -0.15) is 13.6 Å². The van der Waals surface area contributed by atoms with E-state index >= 15 is 0 Å². The summed E-state index contributed by atoms with van der Waals surface area (Å²) in [5, 5.41) is 0. The average Bonchev–Trinajstić information content (AvgIpc) is 2.86. The average molecular weight is 483 g/mol. The first-order valence-corrected chi connectivity index (χ1v) is 12.0. The Hall–Kier alpha value is -1.02. The first-order chi connectivity index (χ1) is 13.1. The molecule has 5 unspecified atom stereocenters. The molecule has 29 heavy (non-hydrogen) atoms. The summed E-state index contributed by atoms with van der Waals surface area (Å²) in [7, 11) is -16.6. The molecule has 19 heteroatoms. The molecule has 0 radical (unpaired) electrons. The molecule has 0 spiro atoms. The molecule has 6 N–H and O–H groups in total. The molecule has 2 rings (SSSR count). The van der Waals surface area contributed by atoms with Crippen molar-refractivity contribution in [2.24, 2.45) is 0 Å². The van der Waals surface area contributed by atoms with E-state index in [1.165, 1.54) is 6.20 Å². The molecular formula is C10H17FN3O12P3. The molecule has 1 aliphatic heterocycles. The van der Waals surface area contributed by atoms with Gasteiger partial charge in [-0.05, 0) is 6.92 Å². The summed E-state index contributed by atoms with van der Waals surface area (Å²) in [5.41, 5.74) is 5.09. The highest BCUT2D eigenvalue weighted by Crippen LogP contribution is 2.66. The van der Waals surface area contributed by atoms with Crippen molar-refractivity contribution in [2.45, 2.75) is 31.8 Å². The summed E-state index contributed by atoms with van der Waals surface area (Å²) in [6.45, 7) is 0.574. The number of nitrogens with zero attached hydrogens (tertiary/aromatic N) is 2. The Kier molecular flexibility index (Phi) is 7.20. The van der Waals surface area contributed by atoms with Crippen LogP contribution in [-0.2, 0) is 31.6 Å². The van der Waals surface area contributed by atoms with E-state index in [-0.39, 0.29) is 12.2 Å². The summed E-state index contributed by atoms with van der Waals surface area (Å²) < 4.78 is 65.2. The molecule has 0 amide bonds. The number of nitrogen functional groups attached to an aromatic ring is 1. The summed E-state index contributed by atoms with van der Waals surface area (Å²) in [4.78, 5) is 50.7. The van der Waals surface area contributed by atoms with Crippen molar-refractivity contribution < 1.29 is 55.5 Å². The van der Waals surface area contributed by atoms with Gasteiger partial charge in [0, 0.05) is 18.2 Å². The van der Waals surface area contributed by atoms with Gasteiger partial charge in [0.2, 0.25) is 0 Å². The van der Waals surface area contributed by atoms with Crippen LogP contribution in [-0.4, -0.2) is 48.0 Å². The van der Waals surface area contributed by atoms with Crippen LogP contribution in [0.4, 0.5) is 10.2 Å². The van der Waals surface area contributed by atoms with E-state index in [2.05, 4.69) is 18.1 Å². The third-order valence-electron chi connectivity index (χ3n) is 3.46. The molecule has 15 nitrogen and oxygen atoms in total. The van der Waals surface area contributed by atoms with E-state index in [1.807, 2.05) is 0 Å². The maximum atomic E-state index is 14.2. The van der Waals surface area contributed by atoms with Gasteiger partial charge >= 0.3 is 29.2 Å². The fourth-order valence-corrected chi connectivity index (χ4v) is 5.30. The molecule has 1 fully saturated rings. The van der Waals surface area contributed by atoms with Gasteiger partial charge in [0.1, 0.15) is 24.3 Å². The van der Waals surface area contributed by atoms with Crippen molar-refractivity contribution in [1.29, 1.82) is 0 Å². The highest BCUT2D eigenvalue weighted by atomic mass is 31.3. The first-order valence-electron chi connectivity index (χ1n) is 7.52. The highest BCUT2D eigenvalue weighted by Gasteiger charge is 2.43. The molecule has 1 aromatic heterocycles. The van der Waals surface area contributed by atoms with Crippen LogP contribution in [0.2, 0.25) is 0 Å². The number of anilines is 1. The Labute approximate surface area is 161 Å². The number of aryl methyl sites for hydroxylation is 1. The van der Waals surface area contributed by atoms with Crippen molar-refractivity contribution >= 4 is 29.3 Å². The monoisotopic (exact) mass is 483 g/mol. The van der Waals surface area contributed by atoms with Crippen molar-refractivity contribution in [3.63, 3.8) is 0 Å². The minimum atomic E-state index is -5.69. The quantitative estimate of drug-likeness (QED) is 0.309. The van der Waals surface area contributed by atoms with E-state index in [1.54, 1.807) is 6.92 Å². The van der Waals surface area contributed by atoms with Crippen LogP contribution in [0.1, 0.15) is 18.2 Å². The predicted molar refractivity (Wildman–Crippen MR) is 90.9 cm³/mol. The Morgan fingerprint density at radius 1 is 1.28 bits per heavy atom. The molecule has 1 saturated heterocycles. The Bertz CT molecular complexity index is 965. The lowest BCUT2D eigenvalue weighted by Crippen LogP contribution is -2.29. The number of rotatable bonds is 8. The van der Waals surface area contributed by atoms with Crippen molar-refractivity contribution in [3.8, 4) is 0 Å². The molecule has 0 aromatic carbocycles. The van der Waals surface area contributed by atoms with Crippen molar-refractivity contribution in [1.82, 2.24) is 9.55 Å². The second-order valence-corrected chi connectivity index (χ2v) is 10.2. The second kappa shape index (κ2) is 8.61. The minimum absolute atomic E-state index is 0.0229. The number of hydrogen-bond acceptors (Lipinski definition) is 10. The van der Waals surface area contributed by atoms with Gasteiger partial charge in [-0.1, -0.05) is 0 Å². The molecule has 5 atom stereocenters. The van der Waals surface area contributed by atoms with Crippen LogP contribution in [0.5, 0.6) is 0 Å². The van der Waals surface area contributed by atoms with Gasteiger partial charge in [0.05, 0.1) is 6.61 Å². The summed E-state index contributed by atoms with van der Waals surface area (Å²) in [6.07, 6.45) is -3.48. The van der Waals surface area contributed by atoms with Gasteiger partial charge in [-0.3, -0.25) is 9.09 Å². The number of halogens is 1. The molecule has 0 aliphatic carbocycles. The molecule has 2 heterocycles. The van der Waals surface area contributed by atoms with Crippen LogP contribution < -0.4 is 11.4 Å². The molecule has 1 aliphatic rings. The second-order valence-electron chi connectivity index (χ2n) is 5.77. The minimum Gasteiger partial charge on any atom is -0.383 e. The molecule has 1 aromatic rings. The van der Waals surface area contributed by atoms with E-state index in [0.29, 0.717) is 5.56 Å². The first kappa shape index (κ1) is 24.3. The fraction of sp³-hybridized carbons (Fsp3) is 0.600. The van der Waals surface area contributed by atoms with E-state index < -0.39 is 54.3 Å². The zero-order valence-corrected chi connectivity index (χ0v) is 17.2. The number of aromatic nitrogens is 2. The van der Waals surface area contributed by atoms with Gasteiger partial charge in [-0.25, -0.2) is 22.9 Å². The number of nitrogens with two attached hydrogens (primary N) is 1. The van der Waals surface area contributed by atoms with Gasteiger partial charge < -0.3 is 30.0 Å². The van der Waals surface area contributed by atoms with Crippen LogP contribution in [0.3, 0.4) is 0 Å². The standard InChI is InChI=1S/C10H17FN3O12P3/c1-5-3-14(10(15)13-9(5)12)8-2-6(11)7(24-8)4-23-28(19,20)26-29(21,22)25-27(16,17)18/h3,6-8H,2,4H2,1H3,(H,19,20)(H,21,22)(H2,12,13,15)(H2,16,17,18). The maximum Gasteiger partial charge on any atom is 0.490 e. The smallest absolute Gasteiger partial charge is 0.383 e. The van der Waals surface area contributed by atoms with Crippen LogP contribution in [0, 0.1) is 6.92 Å². The summed E-state index contributed by atoms with van der Waals surface area (Å²) in [6, 6.07) is 0. The summed E-state index contributed by atoms with van der Waals surface area (Å²) in [5.74, 6) is -0.0229. The number of ether oxygens (including phenoxy) is 1. The molecule has 0 saturated carbocycles. The lowest BCUT2D eigenvalue weighted by atomic mass is 10.2. The summed E-state index contributed by atoms with van der Waals surface area (Å²) >= 11 is 0. The number of hydrogen-bond donors (Lipinski definition) is 5. The Morgan fingerprint density at radius 3 is 2.48 bits per heavy atom. The van der Waals surface area contributed by atoms with E-state index in [0.717, 1.165) is 4.57 Å². The Balaban J connectivity index is 2.02. The number of alkyl halides is 1. The van der Waals surface area contributed by atoms with Crippen LogP contribution in [0.25, 0.3) is 0 Å². The van der Waals surface area contributed by atoms with E-state index in [4.69, 9.17) is 25.2 Å². The molecular weight excluding hydrogens is 466 g/mol. The third-order valence-corrected chi connectivity index (χ3v) is 7.27. The zero-order chi connectivity index (χ0) is 22.2. The predicted octanol–water partition coefficient (Wildman–Crippen LogP) is 0.103. The Morgan fingerprint density at radius 2 is 1.90 bits per heavy atom. The van der Waals surface area contributed by atoms with Crippen LogP contribution >= 0.6 is 23.5 Å². The molecule has 0 bridgehead atoms. The largest absolute Gasteiger partial charge is 0.490 e. The molecule has 166 valence electrons. The third kappa shape index (κ3) is 7.02. The normalized spacial score (nSPS) is 26.8. The van der Waals surface area contributed by atoms with Gasteiger partial charge in [-0.15, -0.1) is 0 Å². The maximum absolute atomic E-state index is 14.2. The van der Waals surface area contributed by atoms with Crippen LogP contribution in [0.15, 0.2) is 11.0 Å². The topological polar surface area (TPSA) is 230 Å². The van der Waals surface area contributed by atoms with Gasteiger partial charge in [0.25, 0.3) is 0 Å². The van der Waals surface area contributed by atoms with Crippen molar-refractivity contribution in [3.05, 3.63) is 22.2 Å². The number of phosphoric acid groups is 3.